The van der Waals surface area contributed by atoms with Crippen molar-refractivity contribution >= 4 is 11.7 Å². The molecular formula is C15H23N3O2. The average Bonchev–Trinajstić information content (AvgIpc) is 2.95. The van der Waals surface area contributed by atoms with E-state index in [1.807, 2.05) is 11.0 Å². The number of pyridine rings is 1. The smallest absolute Gasteiger partial charge is 0.257 e. The van der Waals surface area contributed by atoms with Gasteiger partial charge in [-0.3, -0.25) is 4.79 Å². The molecule has 110 valence electrons. The van der Waals surface area contributed by atoms with Crippen molar-refractivity contribution in [2.24, 2.45) is 5.92 Å². The van der Waals surface area contributed by atoms with Crippen molar-refractivity contribution in [1.29, 1.82) is 0 Å². The van der Waals surface area contributed by atoms with Gasteiger partial charge in [-0.05, 0) is 25.0 Å². The van der Waals surface area contributed by atoms with E-state index < -0.39 is 0 Å². The van der Waals surface area contributed by atoms with Crippen LogP contribution in [0.15, 0.2) is 18.3 Å². The maximum atomic E-state index is 12.5. The molecule has 5 heteroatoms. The molecule has 2 rings (SSSR count). The molecule has 1 saturated heterocycles. The molecule has 1 N–H and O–H groups in total. The van der Waals surface area contributed by atoms with Gasteiger partial charge in [-0.15, -0.1) is 0 Å². The predicted molar refractivity (Wildman–Crippen MR) is 78.9 cm³/mol. The zero-order valence-corrected chi connectivity index (χ0v) is 12.3. The highest BCUT2D eigenvalue weighted by atomic mass is 16.5. The highest BCUT2D eigenvalue weighted by molar-refractivity contribution is 5.98. The van der Waals surface area contributed by atoms with E-state index in [2.05, 4.69) is 17.2 Å². The normalized spacial score (nSPS) is 18.3. The Hall–Kier alpha value is -1.62. The number of hydrogen-bond acceptors (Lipinski definition) is 4. The Morgan fingerprint density at radius 2 is 2.45 bits per heavy atom. The molecule has 1 atom stereocenters. The van der Waals surface area contributed by atoms with E-state index in [-0.39, 0.29) is 5.91 Å². The van der Waals surface area contributed by atoms with Crippen molar-refractivity contribution < 1.29 is 9.53 Å². The van der Waals surface area contributed by atoms with Crippen LogP contribution in [0.3, 0.4) is 0 Å². The molecule has 2 heterocycles. The molecule has 0 spiro atoms. The molecule has 1 aliphatic heterocycles. The summed E-state index contributed by atoms with van der Waals surface area (Å²) in [4.78, 5) is 18.6. The van der Waals surface area contributed by atoms with Crippen molar-refractivity contribution in [1.82, 2.24) is 9.88 Å². The molecule has 1 amide bonds. The average molecular weight is 277 g/mol. The largest absolute Gasteiger partial charge is 0.381 e. The zero-order chi connectivity index (χ0) is 14.4. The molecule has 1 aliphatic rings. The lowest BCUT2D eigenvalue weighted by atomic mass is 10.1. The van der Waals surface area contributed by atoms with Crippen molar-refractivity contribution in [2.45, 2.75) is 19.8 Å². The third-order valence-electron chi connectivity index (χ3n) is 3.55. The molecule has 0 radical (unpaired) electrons. The topological polar surface area (TPSA) is 54.5 Å². The Kier molecular flexibility index (Phi) is 5.35. The lowest BCUT2D eigenvalue weighted by Crippen LogP contribution is -2.30. The van der Waals surface area contributed by atoms with Gasteiger partial charge >= 0.3 is 0 Å². The number of amides is 1. The van der Waals surface area contributed by atoms with Gasteiger partial charge in [0.15, 0.2) is 0 Å². The van der Waals surface area contributed by atoms with Gasteiger partial charge in [0.1, 0.15) is 5.82 Å². The first-order valence-electron chi connectivity index (χ1n) is 7.26. The number of aromatic nitrogens is 1. The quantitative estimate of drug-likeness (QED) is 0.808. The molecule has 0 aromatic carbocycles. The second-order valence-corrected chi connectivity index (χ2v) is 5.13. The van der Waals surface area contributed by atoms with Crippen LogP contribution in [0.4, 0.5) is 5.82 Å². The zero-order valence-electron chi connectivity index (χ0n) is 12.3. The minimum atomic E-state index is 0.0560. The lowest BCUT2D eigenvalue weighted by molar-refractivity contribution is 0.0755. The summed E-state index contributed by atoms with van der Waals surface area (Å²) in [5.74, 6) is 1.16. The number of anilines is 1. The van der Waals surface area contributed by atoms with Crippen molar-refractivity contribution in [3.05, 3.63) is 23.9 Å². The van der Waals surface area contributed by atoms with Gasteiger partial charge in [0.2, 0.25) is 0 Å². The molecule has 0 unspecified atom stereocenters. The van der Waals surface area contributed by atoms with E-state index in [4.69, 9.17) is 4.74 Å². The van der Waals surface area contributed by atoms with E-state index >= 15 is 0 Å². The summed E-state index contributed by atoms with van der Waals surface area (Å²) in [6.45, 7) is 5.24. The highest BCUT2D eigenvalue weighted by Crippen LogP contribution is 2.21. The molecule has 0 bridgehead atoms. The standard InChI is InChI=1S/C15H23N3O2/c1-3-9-20-11-12-6-8-18(10-12)15(19)13-5-4-7-17-14(13)16-2/h4-5,7,12H,3,6,8-11H2,1-2H3,(H,16,17)/t12-/m0/s1. The number of ether oxygens (including phenoxy) is 1. The maximum Gasteiger partial charge on any atom is 0.257 e. The number of nitrogens with zero attached hydrogens (tertiary/aromatic N) is 2. The summed E-state index contributed by atoms with van der Waals surface area (Å²) in [7, 11) is 1.78. The summed E-state index contributed by atoms with van der Waals surface area (Å²) in [5.41, 5.74) is 0.644. The minimum absolute atomic E-state index is 0.0560. The fourth-order valence-electron chi connectivity index (χ4n) is 2.49. The fourth-order valence-corrected chi connectivity index (χ4v) is 2.49. The SMILES string of the molecule is CCCOC[C@H]1CCN(C(=O)c2cccnc2NC)C1. The molecule has 1 aromatic rings. The van der Waals surface area contributed by atoms with Gasteiger partial charge < -0.3 is 15.0 Å². The Morgan fingerprint density at radius 1 is 1.60 bits per heavy atom. The molecular weight excluding hydrogens is 254 g/mol. The predicted octanol–water partition coefficient (Wildman–Crippen LogP) is 2.01. The van der Waals surface area contributed by atoms with E-state index in [1.165, 1.54) is 0 Å². The first kappa shape index (κ1) is 14.8. The highest BCUT2D eigenvalue weighted by Gasteiger charge is 2.28. The third kappa shape index (κ3) is 3.48. The van der Waals surface area contributed by atoms with E-state index in [1.54, 1.807) is 19.3 Å². The Balaban J connectivity index is 1.94. The van der Waals surface area contributed by atoms with Crippen LogP contribution in [-0.4, -0.2) is 49.1 Å². The van der Waals surface area contributed by atoms with Gasteiger partial charge in [-0.1, -0.05) is 6.92 Å². The number of carbonyl (C=O) groups is 1. The Morgan fingerprint density at radius 3 is 3.20 bits per heavy atom. The number of nitrogens with one attached hydrogen (secondary N) is 1. The van der Waals surface area contributed by atoms with E-state index in [9.17, 15) is 4.79 Å². The summed E-state index contributed by atoms with van der Waals surface area (Å²) in [6.07, 6.45) is 3.75. The van der Waals surface area contributed by atoms with Crippen LogP contribution >= 0.6 is 0 Å². The number of likely N-dealkylation sites (tertiary alicyclic amines) is 1. The van der Waals surface area contributed by atoms with Crippen LogP contribution in [0.25, 0.3) is 0 Å². The van der Waals surface area contributed by atoms with Gasteiger partial charge in [-0.25, -0.2) is 4.98 Å². The summed E-state index contributed by atoms with van der Waals surface area (Å²) < 4.78 is 5.58. The molecule has 1 fully saturated rings. The van der Waals surface area contributed by atoms with Crippen LogP contribution < -0.4 is 5.32 Å². The van der Waals surface area contributed by atoms with Crippen LogP contribution in [0.1, 0.15) is 30.1 Å². The van der Waals surface area contributed by atoms with Crippen LogP contribution in [0.2, 0.25) is 0 Å². The van der Waals surface area contributed by atoms with Gasteiger partial charge in [-0.2, -0.15) is 0 Å². The molecule has 20 heavy (non-hydrogen) atoms. The number of hydrogen-bond donors (Lipinski definition) is 1. The summed E-state index contributed by atoms with van der Waals surface area (Å²) in [6, 6.07) is 3.62. The maximum absolute atomic E-state index is 12.5. The van der Waals surface area contributed by atoms with Crippen LogP contribution in [0.5, 0.6) is 0 Å². The van der Waals surface area contributed by atoms with Crippen molar-refractivity contribution in [2.75, 3.05) is 38.7 Å². The van der Waals surface area contributed by atoms with Gasteiger partial charge in [0, 0.05) is 38.9 Å². The van der Waals surface area contributed by atoms with E-state index in [0.29, 0.717) is 17.3 Å². The monoisotopic (exact) mass is 277 g/mol. The fraction of sp³-hybridized carbons (Fsp3) is 0.600. The first-order valence-corrected chi connectivity index (χ1v) is 7.26. The third-order valence-corrected chi connectivity index (χ3v) is 3.55. The Labute approximate surface area is 120 Å². The van der Waals surface area contributed by atoms with Gasteiger partial charge in [0.05, 0.1) is 12.2 Å². The summed E-state index contributed by atoms with van der Waals surface area (Å²) in [5, 5.41) is 2.97. The Bertz CT molecular complexity index is 450. The molecule has 5 nitrogen and oxygen atoms in total. The second kappa shape index (κ2) is 7.24. The number of carbonyl (C=O) groups excluding carboxylic acids is 1. The van der Waals surface area contributed by atoms with Crippen LogP contribution in [-0.2, 0) is 4.74 Å². The van der Waals surface area contributed by atoms with E-state index in [0.717, 1.165) is 39.1 Å². The molecule has 0 saturated carbocycles. The van der Waals surface area contributed by atoms with Gasteiger partial charge in [0.25, 0.3) is 5.91 Å². The minimum Gasteiger partial charge on any atom is -0.381 e. The number of rotatable bonds is 6. The van der Waals surface area contributed by atoms with Crippen molar-refractivity contribution in [3.63, 3.8) is 0 Å². The summed E-state index contributed by atoms with van der Waals surface area (Å²) >= 11 is 0. The van der Waals surface area contributed by atoms with Crippen molar-refractivity contribution in [3.8, 4) is 0 Å². The lowest BCUT2D eigenvalue weighted by Gasteiger charge is -2.18. The molecule has 1 aromatic heterocycles. The van der Waals surface area contributed by atoms with Crippen LogP contribution in [0, 0.1) is 5.92 Å². The molecule has 0 aliphatic carbocycles. The second-order valence-electron chi connectivity index (χ2n) is 5.13. The first-order chi connectivity index (χ1) is 9.76.